The quantitative estimate of drug-likeness (QED) is 0.854. The zero-order valence-corrected chi connectivity index (χ0v) is 14.4. The smallest absolute Gasteiger partial charge is 0.254 e. The summed E-state index contributed by atoms with van der Waals surface area (Å²) in [6.45, 7) is 7.16. The van der Waals surface area contributed by atoms with E-state index in [-0.39, 0.29) is 11.7 Å². The van der Waals surface area contributed by atoms with Crippen molar-refractivity contribution in [2.24, 2.45) is 5.92 Å². The van der Waals surface area contributed by atoms with Crippen molar-refractivity contribution in [2.45, 2.75) is 46.6 Å². The summed E-state index contributed by atoms with van der Waals surface area (Å²) in [5.74, 6) is 1.70. The number of benzene rings is 1. The Kier molecular flexibility index (Phi) is 4.69. The SMILES string of the molecule is Cc1ccc(F)cc1C(=O)N1CCc2oc(CCC(C)C)nc2C1. The summed E-state index contributed by atoms with van der Waals surface area (Å²) in [6, 6.07) is 4.32. The molecule has 0 unspecified atom stereocenters. The number of halogens is 1. The maximum Gasteiger partial charge on any atom is 0.254 e. The maximum atomic E-state index is 13.5. The van der Waals surface area contributed by atoms with E-state index in [9.17, 15) is 9.18 Å². The number of aryl methyl sites for hydroxylation is 2. The van der Waals surface area contributed by atoms with Crippen molar-refractivity contribution in [3.63, 3.8) is 0 Å². The van der Waals surface area contributed by atoms with Crippen LogP contribution in [0.3, 0.4) is 0 Å². The Balaban J connectivity index is 1.74. The fraction of sp³-hybridized carbons (Fsp3) is 0.474. The number of hydrogen-bond acceptors (Lipinski definition) is 3. The van der Waals surface area contributed by atoms with Gasteiger partial charge in [-0.15, -0.1) is 0 Å². The largest absolute Gasteiger partial charge is 0.445 e. The molecule has 0 N–H and O–H groups in total. The zero-order chi connectivity index (χ0) is 17.3. The Morgan fingerprint density at radius 3 is 2.96 bits per heavy atom. The molecule has 0 atom stereocenters. The molecule has 0 radical (unpaired) electrons. The molecular weight excluding hydrogens is 307 g/mol. The van der Waals surface area contributed by atoms with Crippen LogP contribution in [0.4, 0.5) is 4.39 Å². The Bertz CT molecular complexity index is 752. The molecule has 0 spiro atoms. The third-order valence-corrected chi connectivity index (χ3v) is 4.42. The molecular formula is C19H23FN2O2. The fourth-order valence-corrected chi connectivity index (χ4v) is 2.94. The van der Waals surface area contributed by atoms with Crippen molar-refractivity contribution in [1.29, 1.82) is 0 Å². The van der Waals surface area contributed by atoms with Crippen LogP contribution in [0, 0.1) is 18.7 Å². The molecule has 1 aliphatic rings. The molecule has 3 rings (SSSR count). The summed E-state index contributed by atoms with van der Waals surface area (Å²) in [5, 5.41) is 0. The number of oxazole rings is 1. The van der Waals surface area contributed by atoms with Crippen LogP contribution in [0.5, 0.6) is 0 Å². The highest BCUT2D eigenvalue weighted by Crippen LogP contribution is 2.23. The van der Waals surface area contributed by atoms with Gasteiger partial charge in [0.2, 0.25) is 0 Å². The molecule has 1 aromatic heterocycles. The van der Waals surface area contributed by atoms with Crippen molar-refractivity contribution < 1.29 is 13.6 Å². The molecule has 4 nitrogen and oxygen atoms in total. The number of nitrogens with zero attached hydrogens (tertiary/aromatic N) is 2. The van der Waals surface area contributed by atoms with Gasteiger partial charge in [-0.05, 0) is 37.0 Å². The standard InChI is InChI=1S/C19H23FN2O2/c1-12(2)4-7-18-21-16-11-22(9-8-17(16)24-18)19(23)15-10-14(20)6-5-13(15)3/h5-6,10,12H,4,7-9,11H2,1-3H3. The Labute approximate surface area is 141 Å². The Hall–Kier alpha value is -2.17. The van der Waals surface area contributed by atoms with Gasteiger partial charge in [0.05, 0.1) is 6.54 Å². The molecule has 5 heteroatoms. The maximum absolute atomic E-state index is 13.5. The van der Waals surface area contributed by atoms with Crippen LogP contribution in [-0.2, 0) is 19.4 Å². The predicted molar refractivity (Wildman–Crippen MR) is 89.2 cm³/mol. The van der Waals surface area contributed by atoms with Gasteiger partial charge in [-0.2, -0.15) is 0 Å². The highest BCUT2D eigenvalue weighted by molar-refractivity contribution is 5.95. The lowest BCUT2D eigenvalue weighted by molar-refractivity contribution is 0.0726. The van der Waals surface area contributed by atoms with E-state index in [4.69, 9.17) is 4.42 Å². The van der Waals surface area contributed by atoms with Gasteiger partial charge < -0.3 is 9.32 Å². The second kappa shape index (κ2) is 6.75. The first-order chi connectivity index (χ1) is 11.4. The van der Waals surface area contributed by atoms with Crippen molar-refractivity contribution in [3.05, 3.63) is 52.5 Å². The van der Waals surface area contributed by atoms with E-state index in [2.05, 4.69) is 18.8 Å². The average molecular weight is 330 g/mol. The van der Waals surface area contributed by atoms with Crippen LogP contribution >= 0.6 is 0 Å². The molecule has 0 saturated heterocycles. The third kappa shape index (κ3) is 3.50. The first kappa shape index (κ1) is 16.7. The minimum Gasteiger partial charge on any atom is -0.445 e. The minimum absolute atomic E-state index is 0.149. The van der Waals surface area contributed by atoms with E-state index in [1.54, 1.807) is 11.0 Å². The number of amides is 1. The van der Waals surface area contributed by atoms with Crippen molar-refractivity contribution in [2.75, 3.05) is 6.54 Å². The molecule has 2 aromatic rings. The third-order valence-electron chi connectivity index (χ3n) is 4.42. The first-order valence-corrected chi connectivity index (χ1v) is 8.47. The summed E-state index contributed by atoms with van der Waals surface area (Å²) in [5.41, 5.74) is 2.04. The van der Waals surface area contributed by atoms with Crippen LogP contribution in [-0.4, -0.2) is 22.3 Å². The van der Waals surface area contributed by atoms with E-state index in [0.717, 1.165) is 35.7 Å². The Morgan fingerprint density at radius 1 is 1.42 bits per heavy atom. The van der Waals surface area contributed by atoms with Gasteiger partial charge in [0, 0.05) is 24.9 Å². The van der Waals surface area contributed by atoms with Crippen LogP contribution in [0.1, 0.15) is 53.5 Å². The van der Waals surface area contributed by atoms with Crippen molar-refractivity contribution >= 4 is 5.91 Å². The monoisotopic (exact) mass is 330 g/mol. The van der Waals surface area contributed by atoms with E-state index < -0.39 is 0 Å². The molecule has 2 heterocycles. The lowest BCUT2D eigenvalue weighted by atomic mass is 10.1. The average Bonchev–Trinajstić information content (AvgIpc) is 2.96. The topological polar surface area (TPSA) is 46.3 Å². The van der Waals surface area contributed by atoms with Gasteiger partial charge in [-0.1, -0.05) is 19.9 Å². The lowest BCUT2D eigenvalue weighted by Crippen LogP contribution is -2.36. The second-order valence-corrected chi connectivity index (χ2v) is 6.85. The highest BCUT2D eigenvalue weighted by atomic mass is 19.1. The highest BCUT2D eigenvalue weighted by Gasteiger charge is 2.27. The fourth-order valence-electron chi connectivity index (χ4n) is 2.94. The van der Waals surface area contributed by atoms with E-state index >= 15 is 0 Å². The number of carbonyl (C=O) groups excluding carboxylic acids is 1. The summed E-state index contributed by atoms with van der Waals surface area (Å²) in [6.07, 6.45) is 2.51. The van der Waals surface area contributed by atoms with Gasteiger partial charge in [0.1, 0.15) is 17.3 Å². The van der Waals surface area contributed by atoms with Crippen LogP contribution < -0.4 is 0 Å². The van der Waals surface area contributed by atoms with Crippen LogP contribution in [0.2, 0.25) is 0 Å². The summed E-state index contributed by atoms with van der Waals surface area (Å²) in [4.78, 5) is 19.0. The number of rotatable bonds is 4. The lowest BCUT2D eigenvalue weighted by Gasteiger charge is -2.26. The van der Waals surface area contributed by atoms with Gasteiger partial charge in [0.15, 0.2) is 5.89 Å². The number of carbonyl (C=O) groups is 1. The molecule has 0 fully saturated rings. The van der Waals surface area contributed by atoms with Gasteiger partial charge >= 0.3 is 0 Å². The van der Waals surface area contributed by atoms with E-state index in [0.29, 0.717) is 31.0 Å². The van der Waals surface area contributed by atoms with E-state index in [1.165, 1.54) is 12.1 Å². The predicted octanol–water partition coefficient (Wildman–Crippen LogP) is 3.91. The van der Waals surface area contributed by atoms with Gasteiger partial charge in [0.25, 0.3) is 5.91 Å². The molecule has 1 aliphatic heterocycles. The molecule has 1 amide bonds. The molecule has 0 aliphatic carbocycles. The van der Waals surface area contributed by atoms with Gasteiger partial charge in [-0.25, -0.2) is 9.37 Å². The second-order valence-electron chi connectivity index (χ2n) is 6.85. The van der Waals surface area contributed by atoms with Crippen molar-refractivity contribution in [1.82, 2.24) is 9.88 Å². The summed E-state index contributed by atoms with van der Waals surface area (Å²) < 4.78 is 19.3. The molecule has 0 saturated carbocycles. The number of aromatic nitrogens is 1. The van der Waals surface area contributed by atoms with Crippen LogP contribution in [0.15, 0.2) is 22.6 Å². The van der Waals surface area contributed by atoms with E-state index in [1.807, 2.05) is 6.92 Å². The molecule has 128 valence electrons. The molecule has 24 heavy (non-hydrogen) atoms. The molecule has 1 aromatic carbocycles. The molecule has 0 bridgehead atoms. The minimum atomic E-state index is -0.390. The Morgan fingerprint density at radius 2 is 2.21 bits per heavy atom. The first-order valence-electron chi connectivity index (χ1n) is 8.47. The summed E-state index contributed by atoms with van der Waals surface area (Å²) in [7, 11) is 0. The number of hydrogen-bond donors (Lipinski definition) is 0. The normalized spacial score (nSPS) is 14.1. The van der Waals surface area contributed by atoms with Gasteiger partial charge in [-0.3, -0.25) is 4.79 Å². The van der Waals surface area contributed by atoms with Crippen molar-refractivity contribution in [3.8, 4) is 0 Å². The van der Waals surface area contributed by atoms with Crippen LogP contribution in [0.25, 0.3) is 0 Å². The number of fused-ring (bicyclic) bond motifs is 1. The summed E-state index contributed by atoms with van der Waals surface area (Å²) >= 11 is 0. The zero-order valence-electron chi connectivity index (χ0n) is 14.4.